The van der Waals surface area contributed by atoms with Gasteiger partial charge in [0.2, 0.25) is 0 Å². The Balaban J connectivity index is 1.87. The van der Waals surface area contributed by atoms with E-state index < -0.39 is 5.97 Å². The molecule has 1 aliphatic rings. The van der Waals surface area contributed by atoms with Crippen molar-refractivity contribution in [3.63, 3.8) is 0 Å². The fourth-order valence-electron chi connectivity index (χ4n) is 2.68. The van der Waals surface area contributed by atoms with Gasteiger partial charge in [-0.15, -0.1) is 0 Å². The van der Waals surface area contributed by atoms with Crippen molar-refractivity contribution in [1.29, 1.82) is 0 Å². The molecule has 0 bridgehead atoms. The van der Waals surface area contributed by atoms with Crippen molar-refractivity contribution in [2.45, 2.75) is 32.4 Å². The van der Waals surface area contributed by atoms with E-state index in [2.05, 4.69) is 41.0 Å². The van der Waals surface area contributed by atoms with E-state index in [0.29, 0.717) is 12.6 Å². The summed E-state index contributed by atoms with van der Waals surface area (Å²) in [4.78, 5) is 15.4. The summed E-state index contributed by atoms with van der Waals surface area (Å²) in [6, 6.07) is 11.1. The SMILES string of the molecule is C[C@H]1CCN(CCC(=O)O)CCN1Cc1ccccc1. The van der Waals surface area contributed by atoms with Crippen molar-refractivity contribution in [3.05, 3.63) is 35.9 Å². The van der Waals surface area contributed by atoms with Crippen molar-refractivity contribution < 1.29 is 9.90 Å². The third kappa shape index (κ3) is 4.62. The van der Waals surface area contributed by atoms with E-state index in [1.54, 1.807) is 0 Å². The number of carboxylic acids is 1. The lowest BCUT2D eigenvalue weighted by molar-refractivity contribution is -0.137. The molecule has 1 fully saturated rings. The molecule has 4 heteroatoms. The number of carbonyl (C=O) groups is 1. The van der Waals surface area contributed by atoms with E-state index >= 15 is 0 Å². The van der Waals surface area contributed by atoms with Crippen LogP contribution in [-0.4, -0.2) is 53.1 Å². The number of nitrogens with zero attached hydrogens (tertiary/aromatic N) is 2. The Hall–Kier alpha value is -1.39. The summed E-state index contributed by atoms with van der Waals surface area (Å²) in [5.74, 6) is -0.705. The Bertz CT molecular complexity index is 422. The molecular weight excluding hydrogens is 252 g/mol. The quantitative estimate of drug-likeness (QED) is 0.894. The molecule has 4 nitrogen and oxygen atoms in total. The number of benzene rings is 1. The van der Waals surface area contributed by atoms with Crippen LogP contribution in [0.3, 0.4) is 0 Å². The van der Waals surface area contributed by atoms with E-state index in [1.807, 2.05) is 6.07 Å². The number of carboxylic acid groups (broad SMARTS) is 1. The van der Waals surface area contributed by atoms with Gasteiger partial charge >= 0.3 is 5.97 Å². The first-order chi connectivity index (χ1) is 9.65. The Morgan fingerprint density at radius 3 is 2.70 bits per heavy atom. The minimum Gasteiger partial charge on any atom is -0.481 e. The molecule has 0 radical (unpaired) electrons. The van der Waals surface area contributed by atoms with E-state index in [9.17, 15) is 4.79 Å². The van der Waals surface area contributed by atoms with Crippen LogP contribution in [-0.2, 0) is 11.3 Å². The lowest BCUT2D eigenvalue weighted by Gasteiger charge is -2.26. The first-order valence-electron chi connectivity index (χ1n) is 7.37. The molecule has 2 rings (SSSR count). The summed E-state index contributed by atoms with van der Waals surface area (Å²) in [6.07, 6.45) is 1.35. The minimum atomic E-state index is -0.705. The zero-order valence-corrected chi connectivity index (χ0v) is 12.2. The second-order valence-electron chi connectivity index (χ2n) is 5.58. The van der Waals surface area contributed by atoms with Crippen molar-refractivity contribution in [3.8, 4) is 0 Å². The maximum Gasteiger partial charge on any atom is 0.304 e. The Kier molecular flexibility index (Phi) is 5.56. The normalized spacial score (nSPS) is 21.6. The Morgan fingerprint density at radius 1 is 1.25 bits per heavy atom. The molecule has 1 atom stereocenters. The summed E-state index contributed by atoms with van der Waals surface area (Å²) in [5.41, 5.74) is 1.35. The lowest BCUT2D eigenvalue weighted by Crippen LogP contribution is -2.34. The molecule has 1 heterocycles. The molecule has 20 heavy (non-hydrogen) atoms. The highest BCUT2D eigenvalue weighted by molar-refractivity contribution is 5.66. The smallest absolute Gasteiger partial charge is 0.304 e. The number of aliphatic carboxylic acids is 1. The van der Waals surface area contributed by atoms with Crippen LogP contribution in [0.25, 0.3) is 0 Å². The number of hydrogen-bond donors (Lipinski definition) is 1. The van der Waals surface area contributed by atoms with E-state index in [4.69, 9.17) is 5.11 Å². The standard InChI is InChI=1S/C16H24N2O2/c1-14-7-9-17(10-8-16(19)20)11-12-18(14)13-15-5-3-2-4-6-15/h2-6,14H,7-13H2,1H3,(H,19,20)/t14-/m0/s1. The van der Waals surface area contributed by atoms with Crippen molar-refractivity contribution >= 4 is 5.97 Å². The first kappa shape index (κ1) is 15.0. The highest BCUT2D eigenvalue weighted by Crippen LogP contribution is 2.14. The van der Waals surface area contributed by atoms with Gasteiger partial charge in [-0.3, -0.25) is 9.69 Å². The molecule has 110 valence electrons. The van der Waals surface area contributed by atoms with Crippen LogP contribution in [0.4, 0.5) is 0 Å². The van der Waals surface area contributed by atoms with Crippen LogP contribution < -0.4 is 0 Å². The fourth-order valence-corrected chi connectivity index (χ4v) is 2.68. The highest BCUT2D eigenvalue weighted by Gasteiger charge is 2.21. The van der Waals surface area contributed by atoms with Gasteiger partial charge < -0.3 is 10.0 Å². The van der Waals surface area contributed by atoms with Gasteiger partial charge in [0, 0.05) is 32.2 Å². The predicted octanol–water partition coefficient (Wildman–Crippen LogP) is 2.06. The Labute approximate surface area is 121 Å². The molecule has 1 saturated heterocycles. The van der Waals surface area contributed by atoms with E-state index in [1.165, 1.54) is 5.56 Å². The Morgan fingerprint density at radius 2 is 2.00 bits per heavy atom. The second-order valence-corrected chi connectivity index (χ2v) is 5.58. The molecule has 0 amide bonds. The van der Waals surface area contributed by atoms with Gasteiger partial charge in [0.15, 0.2) is 0 Å². The summed E-state index contributed by atoms with van der Waals surface area (Å²) < 4.78 is 0. The molecule has 0 aromatic heterocycles. The number of hydrogen-bond acceptors (Lipinski definition) is 3. The molecule has 1 aromatic carbocycles. The van der Waals surface area contributed by atoms with Gasteiger partial charge in [-0.2, -0.15) is 0 Å². The van der Waals surface area contributed by atoms with Gasteiger partial charge in [-0.05, 0) is 25.5 Å². The van der Waals surface area contributed by atoms with Crippen molar-refractivity contribution in [1.82, 2.24) is 9.80 Å². The number of rotatable bonds is 5. The molecular formula is C16H24N2O2. The largest absolute Gasteiger partial charge is 0.481 e. The first-order valence-corrected chi connectivity index (χ1v) is 7.37. The monoisotopic (exact) mass is 276 g/mol. The molecule has 0 aliphatic carbocycles. The summed E-state index contributed by atoms with van der Waals surface area (Å²) in [7, 11) is 0. The van der Waals surface area contributed by atoms with Crippen molar-refractivity contribution in [2.75, 3.05) is 26.2 Å². The van der Waals surface area contributed by atoms with E-state index in [0.717, 1.165) is 32.6 Å². The van der Waals surface area contributed by atoms with E-state index in [-0.39, 0.29) is 6.42 Å². The molecule has 1 aromatic rings. The molecule has 1 aliphatic heterocycles. The summed E-state index contributed by atoms with van der Waals surface area (Å²) >= 11 is 0. The zero-order valence-electron chi connectivity index (χ0n) is 12.2. The zero-order chi connectivity index (χ0) is 14.4. The molecule has 0 spiro atoms. The third-order valence-electron chi connectivity index (χ3n) is 4.06. The second kappa shape index (κ2) is 7.41. The molecule has 0 saturated carbocycles. The topological polar surface area (TPSA) is 43.8 Å². The van der Waals surface area contributed by atoms with Gasteiger partial charge in [0.1, 0.15) is 0 Å². The van der Waals surface area contributed by atoms with Gasteiger partial charge in [0.05, 0.1) is 6.42 Å². The average Bonchev–Trinajstić information content (AvgIpc) is 2.61. The predicted molar refractivity (Wildman–Crippen MR) is 79.6 cm³/mol. The highest BCUT2D eigenvalue weighted by atomic mass is 16.4. The fraction of sp³-hybridized carbons (Fsp3) is 0.562. The maximum atomic E-state index is 10.7. The van der Waals surface area contributed by atoms with Crippen LogP contribution >= 0.6 is 0 Å². The van der Waals surface area contributed by atoms with Gasteiger partial charge in [-0.25, -0.2) is 0 Å². The maximum absolute atomic E-state index is 10.7. The van der Waals surface area contributed by atoms with Crippen LogP contribution in [0.2, 0.25) is 0 Å². The minimum absolute atomic E-state index is 0.243. The third-order valence-corrected chi connectivity index (χ3v) is 4.06. The van der Waals surface area contributed by atoms with Crippen molar-refractivity contribution in [2.24, 2.45) is 0 Å². The lowest BCUT2D eigenvalue weighted by atomic mass is 10.1. The van der Waals surface area contributed by atoms with Crippen LogP contribution in [0.1, 0.15) is 25.3 Å². The van der Waals surface area contributed by atoms with Crippen LogP contribution in [0, 0.1) is 0 Å². The summed E-state index contributed by atoms with van der Waals surface area (Å²) in [6.45, 7) is 6.89. The van der Waals surface area contributed by atoms with Crippen LogP contribution in [0.5, 0.6) is 0 Å². The molecule has 1 N–H and O–H groups in total. The van der Waals surface area contributed by atoms with Crippen LogP contribution in [0.15, 0.2) is 30.3 Å². The van der Waals surface area contributed by atoms with Gasteiger partial charge in [-0.1, -0.05) is 30.3 Å². The van der Waals surface area contributed by atoms with Gasteiger partial charge in [0.25, 0.3) is 0 Å². The molecule has 0 unspecified atom stereocenters. The summed E-state index contributed by atoms with van der Waals surface area (Å²) in [5, 5.41) is 8.78. The average molecular weight is 276 g/mol.